The van der Waals surface area contributed by atoms with Gasteiger partial charge in [0.1, 0.15) is 16.4 Å². The number of sulfonamides is 1. The van der Waals surface area contributed by atoms with Crippen LogP contribution in [-0.4, -0.2) is 25.2 Å². The summed E-state index contributed by atoms with van der Waals surface area (Å²) in [6.45, 7) is 1.86. The minimum atomic E-state index is -3.88. The Morgan fingerprint density at radius 2 is 1.75 bits per heavy atom. The Hall–Kier alpha value is -2.21. The molecule has 2 aromatic carbocycles. The summed E-state index contributed by atoms with van der Waals surface area (Å²) in [6.07, 6.45) is 0. The standard InChI is InChI=1S/C14H15NO4S/c1-2-15(11-6-5-7-12(16)10-11)20(18,19)14-9-4-3-8-13(14)17/h3-10,16-17H,2H2,1H3. The van der Waals surface area contributed by atoms with Gasteiger partial charge in [0, 0.05) is 12.6 Å². The van der Waals surface area contributed by atoms with Crippen LogP contribution >= 0.6 is 0 Å². The topological polar surface area (TPSA) is 77.8 Å². The maximum atomic E-state index is 12.6. The third kappa shape index (κ3) is 2.55. The van der Waals surface area contributed by atoms with Gasteiger partial charge >= 0.3 is 0 Å². The fourth-order valence-corrected chi connectivity index (χ4v) is 3.48. The van der Waals surface area contributed by atoms with Crippen LogP contribution in [0.15, 0.2) is 53.4 Å². The predicted octanol–water partition coefficient (Wildman–Crippen LogP) is 2.31. The van der Waals surface area contributed by atoms with Gasteiger partial charge < -0.3 is 10.2 Å². The molecule has 5 nitrogen and oxygen atoms in total. The predicted molar refractivity (Wildman–Crippen MR) is 76.4 cm³/mol. The van der Waals surface area contributed by atoms with Crippen LogP contribution in [0.3, 0.4) is 0 Å². The van der Waals surface area contributed by atoms with Gasteiger partial charge in [-0.2, -0.15) is 0 Å². The van der Waals surface area contributed by atoms with E-state index in [0.717, 1.165) is 4.31 Å². The number of aromatic hydroxyl groups is 2. The number of para-hydroxylation sites is 1. The van der Waals surface area contributed by atoms with E-state index < -0.39 is 10.0 Å². The van der Waals surface area contributed by atoms with Crippen LogP contribution in [0.25, 0.3) is 0 Å². The number of phenols is 2. The fourth-order valence-electron chi connectivity index (χ4n) is 1.93. The number of nitrogens with zero attached hydrogens (tertiary/aromatic N) is 1. The molecule has 0 fully saturated rings. The molecule has 2 aromatic rings. The Labute approximate surface area is 117 Å². The molecule has 0 atom stereocenters. The van der Waals surface area contributed by atoms with Gasteiger partial charge in [-0.05, 0) is 31.2 Å². The van der Waals surface area contributed by atoms with Gasteiger partial charge in [-0.1, -0.05) is 18.2 Å². The SMILES string of the molecule is CCN(c1cccc(O)c1)S(=O)(=O)c1ccccc1O. The Morgan fingerprint density at radius 3 is 2.35 bits per heavy atom. The zero-order valence-electron chi connectivity index (χ0n) is 10.9. The lowest BCUT2D eigenvalue weighted by Gasteiger charge is -2.23. The second-order valence-corrected chi connectivity index (χ2v) is 5.99. The summed E-state index contributed by atoms with van der Waals surface area (Å²) in [5.74, 6) is -0.320. The third-order valence-corrected chi connectivity index (χ3v) is 4.79. The highest BCUT2D eigenvalue weighted by molar-refractivity contribution is 7.93. The Morgan fingerprint density at radius 1 is 1.05 bits per heavy atom. The lowest BCUT2D eigenvalue weighted by molar-refractivity contribution is 0.458. The fraction of sp³-hybridized carbons (Fsp3) is 0.143. The normalized spacial score (nSPS) is 11.2. The van der Waals surface area contributed by atoms with E-state index in [0.29, 0.717) is 5.69 Å². The van der Waals surface area contributed by atoms with Crippen molar-refractivity contribution in [2.24, 2.45) is 0 Å². The Balaban J connectivity index is 2.54. The average molecular weight is 293 g/mol. The van der Waals surface area contributed by atoms with Crippen molar-refractivity contribution >= 4 is 15.7 Å². The number of phenolic OH excluding ortho intramolecular Hbond substituents is 2. The first-order valence-electron chi connectivity index (χ1n) is 6.06. The van der Waals surface area contributed by atoms with E-state index in [-0.39, 0.29) is 22.9 Å². The van der Waals surface area contributed by atoms with Gasteiger partial charge in [0.15, 0.2) is 0 Å². The number of anilines is 1. The van der Waals surface area contributed by atoms with Crippen molar-refractivity contribution in [1.29, 1.82) is 0 Å². The molecule has 0 amide bonds. The van der Waals surface area contributed by atoms with Crippen LogP contribution in [0, 0.1) is 0 Å². The number of hydrogen-bond acceptors (Lipinski definition) is 4. The summed E-state index contributed by atoms with van der Waals surface area (Å²) < 4.78 is 26.3. The maximum absolute atomic E-state index is 12.6. The molecular formula is C14H15NO4S. The highest BCUT2D eigenvalue weighted by Crippen LogP contribution is 2.30. The highest BCUT2D eigenvalue weighted by atomic mass is 32.2. The van der Waals surface area contributed by atoms with Crippen molar-refractivity contribution in [3.05, 3.63) is 48.5 Å². The molecular weight excluding hydrogens is 278 g/mol. The summed E-state index contributed by atoms with van der Waals surface area (Å²) in [5, 5.41) is 19.2. The van der Waals surface area contributed by atoms with Gasteiger partial charge in [0.05, 0.1) is 5.69 Å². The van der Waals surface area contributed by atoms with Crippen LogP contribution in [0.5, 0.6) is 11.5 Å². The van der Waals surface area contributed by atoms with Gasteiger partial charge in [-0.3, -0.25) is 4.31 Å². The third-order valence-electron chi connectivity index (χ3n) is 2.84. The van der Waals surface area contributed by atoms with E-state index in [1.54, 1.807) is 31.2 Å². The van der Waals surface area contributed by atoms with E-state index in [1.165, 1.54) is 24.3 Å². The molecule has 2 rings (SSSR count). The molecule has 20 heavy (non-hydrogen) atoms. The first-order chi connectivity index (χ1) is 9.46. The molecule has 0 saturated carbocycles. The monoisotopic (exact) mass is 293 g/mol. The van der Waals surface area contributed by atoms with Crippen LogP contribution in [-0.2, 0) is 10.0 Å². The van der Waals surface area contributed by atoms with Crippen LogP contribution in [0.4, 0.5) is 5.69 Å². The van der Waals surface area contributed by atoms with Crippen LogP contribution in [0.2, 0.25) is 0 Å². The van der Waals surface area contributed by atoms with Gasteiger partial charge in [0.25, 0.3) is 10.0 Å². The molecule has 0 unspecified atom stereocenters. The van der Waals surface area contributed by atoms with Crippen molar-refractivity contribution in [3.8, 4) is 11.5 Å². The summed E-state index contributed by atoms with van der Waals surface area (Å²) in [6, 6.07) is 11.7. The van der Waals surface area contributed by atoms with Crippen LogP contribution < -0.4 is 4.31 Å². The molecule has 0 aliphatic carbocycles. The smallest absolute Gasteiger partial charge is 0.267 e. The van der Waals surface area contributed by atoms with E-state index in [9.17, 15) is 18.6 Å². The molecule has 2 N–H and O–H groups in total. The minimum Gasteiger partial charge on any atom is -0.508 e. The first kappa shape index (κ1) is 14.2. The summed E-state index contributed by atoms with van der Waals surface area (Å²) in [4.78, 5) is -0.162. The molecule has 0 aliphatic rings. The minimum absolute atomic E-state index is 0.0200. The summed E-state index contributed by atoms with van der Waals surface area (Å²) >= 11 is 0. The van der Waals surface area contributed by atoms with Gasteiger partial charge in [0.2, 0.25) is 0 Å². The second-order valence-electron chi connectivity index (χ2n) is 4.16. The van der Waals surface area contributed by atoms with Gasteiger partial charge in [-0.25, -0.2) is 8.42 Å². The first-order valence-corrected chi connectivity index (χ1v) is 7.50. The van der Waals surface area contributed by atoms with Crippen molar-refractivity contribution in [2.45, 2.75) is 11.8 Å². The van der Waals surface area contributed by atoms with E-state index >= 15 is 0 Å². The van der Waals surface area contributed by atoms with E-state index in [2.05, 4.69) is 0 Å². The zero-order valence-corrected chi connectivity index (χ0v) is 11.7. The number of benzene rings is 2. The molecule has 0 aliphatic heterocycles. The maximum Gasteiger partial charge on any atom is 0.267 e. The van der Waals surface area contributed by atoms with E-state index in [1.807, 2.05) is 0 Å². The molecule has 0 spiro atoms. The molecule has 0 bridgehead atoms. The lowest BCUT2D eigenvalue weighted by atomic mass is 10.3. The summed E-state index contributed by atoms with van der Waals surface area (Å²) in [5.41, 5.74) is 0.343. The number of rotatable bonds is 4. The largest absolute Gasteiger partial charge is 0.508 e. The van der Waals surface area contributed by atoms with Crippen molar-refractivity contribution in [2.75, 3.05) is 10.8 Å². The van der Waals surface area contributed by atoms with Crippen molar-refractivity contribution in [1.82, 2.24) is 0 Å². The quantitative estimate of drug-likeness (QED) is 0.906. The molecule has 0 radical (unpaired) electrons. The molecule has 0 aromatic heterocycles. The van der Waals surface area contributed by atoms with Gasteiger partial charge in [-0.15, -0.1) is 0 Å². The van der Waals surface area contributed by atoms with E-state index in [4.69, 9.17) is 0 Å². The lowest BCUT2D eigenvalue weighted by Crippen LogP contribution is -2.30. The van der Waals surface area contributed by atoms with Crippen molar-refractivity contribution in [3.63, 3.8) is 0 Å². The average Bonchev–Trinajstić information content (AvgIpc) is 2.39. The highest BCUT2D eigenvalue weighted by Gasteiger charge is 2.26. The number of hydrogen-bond donors (Lipinski definition) is 2. The molecule has 0 heterocycles. The Kier molecular flexibility index (Phi) is 3.85. The molecule has 6 heteroatoms. The van der Waals surface area contributed by atoms with Crippen molar-refractivity contribution < 1.29 is 18.6 Å². The molecule has 0 saturated heterocycles. The zero-order chi connectivity index (χ0) is 14.8. The summed E-state index contributed by atoms with van der Waals surface area (Å²) in [7, 11) is -3.88. The van der Waals surface area contributed by atoms with Crippen LogP contribution in [0.1, 0.15) is 6.92 Å². The molecule has 106 valence electrons. The Bertz CT molecular complexity index is 713. The second kappa shape index (κ2) is 5.42.